The molecule has 0 spiro atoms. The molecule has 3 nitrogen and oxygen atoms in total. The van der Waals surface area contributed by atoms with Gasteiger partial charge in [-0.3, -0.25) is 4.79 Å². The van der Waals surface area contributed by atoms with Crippen molar-refractivity contribution in [1.29, 1.82) is 0 Å². The van der Waals surface area contributed by atoms with Crippen LogP contribution in [0.15, 0.2) is 12.1 Å². The molecule has 1 heterocycles. The molecule has 1 N–H and O–H groups in total. The molecule has 14 heavy (non-hydrogen) atoms. The van der Waals surface area contributed by atoms with Crippen LogP contribution >= 0.6 is 0 Å². The van der Waals surface area contributed by atoms with Gasteiger partial charge in [-0.25, -0.2) is 0 Å². The first-order valence-electron chi connectivity index (χ1n) is 4.68. The zero-order valence-corrected chi connectivity index (χ0v) is 8.39. The highest BCUT2D eigenvalue weighted by Gasteiger charge is 2.17. The van der Waals surface area contributed by atoms with Gasteiger partial charge in [0.15, 0.2) is 0 Å². The van der Waals surface area contributed by atoms with E-state index in [0.717, 1.165) is 23.4 Å². The van der Waals surface area contributed by atoms with Crippen molar-refractivity contribution < 1.29 is 9.53 Å². The van der Waals surface area contributed by atoms with Crippen molar-refractivity contribution in [2.75, 3.05) is 12.4 Å². The largest absolute Gasteiger partial charge is 0.497 e. The minimum atomic E-state index is 0.103. The predicted molar refractivity (Wildman–Crippen MR) is 54.7 cm³/mol. The van der Waals surface area contributed by atoms with E-state index in [-0.39, 0.29) is 5.91 Å². The van der Waals surface area contributed by atoms with Gasteiger partial charge in [0.1, 0.15) is 5.75 Å². The third-order valence-corrected chi connectivity index (χ3v) is 2.51. The number of anilines is 1. The Morgan fingerprint density at radius 2 is 2.14 bits per heavy atom. The lowest BCUT2D eigenvalue weighted by Gasteiger charge is -2.19. The Bertz CT molecular complexity index is 385. The van der Waals surface area contributed by atoms with Crippen LogP contribution in [-0.4, -0.2) is 13.0 Å². The molecule has 1 aliphatic rings. The standard InChI is InChI=1S/C11H13NO2/c1-7-5-9(14-2)6-8-3-4-10(13)12-11(7)8/h5-6H,3-4H2,1-2H3,(H,12,13). The average molecular weight is 191 g/mol. The SMILES string of the molecule is COc1cc(C)c2c(c1)CCC(=O)N2. The number of ether oxygens (including phenoxy) is 1. The first kappa shape index (κ1) is 9.06. The summed E-state index contributed by atoms with van der Waals surface area (Å²) in [6.07, 6.45) is 1.37. The lowest BCUT2D eigenvalue weighted by atomic mass is 9.99. The second kappa shape index (κ2) is 3.33. The van der Waals surface area contributed by atoms with E-state index in [0.29, 0.717) is 6.42 Å². The van der Waals surface area contributed by atoms with E-state index in [1.165, 1.54) is 5.56 Å². The van der Waals surface area contributed by atoms with Crippen molar-refractivity contribution in [2.45, 2.75) is 19.8 Å². The van der Waals surface area contributed by atoms with Crippen LogP contribution in [0.4, 0.5) is 5.69 Å². The molecule has 1 amide bonds. The predicted octanol–water partition coefficient (Wildman–Crippen LogP) is 1.89. The van der Waals surface area contributed by atoms with Crippen molar-refractivity contribution in [3.8, 4) is 5.75 Å². The third-order valence-electron chi connectivity index (χ3n) is 2.51. The molecule has 0 atom stereocenters. The van der Waals surface area contributed by atoms with Crippen LogP contribution in [0, 0.1) is 6.92 Å². The fourth-order valence-corrected chi connectivity index (χ4v) is 1.77. The molecule has 1 aliphatic heterocycles. The molecule has 1 aromatic carbocycles. The van der Waals surface area contributed by atoms with Crippen molar-refractivity contribution in [2.24, 2.45) is 0 Å². The van der Waals surface area contributed by atoms with Gasteiger partial charge in [0.2, 0.25) is 5.91 Å². The highest BCUT2D eigenvalue weighted by Crippen LogP contribution is 2.30. The van der Waals surface area contributed by atoms with Gasteiger partial charge in [-0.2, -0.15) is 0 Å². The maximum atomic E-state index is 11.2. The number of amides is 1. The number of fused-ring (bicyclic) bond motifs is 1. The Kier molecular flexibility index (Phi) is 2.15. The lowest BCUT2D eigenvalue weighted by molar-refractivity contribution is -0.116. The van der Waals surface area contributed by atoms with Crippen LogP contribution in [0.25, 0.3) is 0 Å². The van der Waals surface area contributed by atoms with Crippen molar-refractivity contribution >= 4 is 11.6 Å². The smallest absolute Gasteiger partial charge is 0.224 e. The zero-order chi connectivity index (χ0) is 10.1. The highest BCUT2D eigenvalue weighted by atomic mass is 16.5. The Balaban J connectivity index is 2.48. The third kappa shape index (κ3) is 1.45. The molecule has 0 radical (unpaired) electrons. The van der Waals surface area contributed by atoms with Gasteiger partial charge < -0.3 is 10.1 Å². The Morgan fingerprint density at radius 3 is 2.86 bits per heavy atom. The number of hydrogen-bond acceptors (Lipinski definition) is 2. The number of hydrogen-bond donors (Lipinski definition) is 1. The lowest BCUT2D eigenvalue weighted by Crippen LogP contribution is -2.19. The number of rotatable bonds is 1. The van der Waals surface area contributed by atoms with Crippen LogP contribution in [0.3, 0.4) is 0 Å². The molecule has 0 aromatic heterocycles. The summed E-state index contributed by atoms with van der Waals surface area (Å²) in [7, 11) is 1.66. The first-order valence-corrected chi connectivity index (χ1v) is 4.68. The molecular weight excluding hydrogens is 178 g/mol. The van der Waals surface area contributed by atoms with Gasteiger partial charge in [0, 0.05) is 12.1 Å². The molecule has 0 saturated heterocycles. The molecule has 0 bridgehead atoms. The Labute approximate surface area is 83.1 Å². The summed E-state index contributed by atoms with van der Waals surface area (Å²) in [4.78, 5) is 11.2. The summed E-state index contributed by atoms with van der Waals surface area (Å²) in [5, 5.41) is 2.88. The molecule has 0 aliphatic carbocycles. The molecule has 74 valence electrons. The van der Waals surface area contributed by atoms with E-state index in [1.807, 2.05) is 19.1 Å². The van der Waals surface area contributed by atoms with Gasteiger partial charge in [0.05, 0.1) is 7.11 Å². The number of carbonyl (C=O) groups excluding carboxylic acids is 1. The number of benzene rings is 1. The van der Waals surface area contributed by atoms with Gasteiger partial charge >= 0.3 is 0 Å². The monoisotopic (exact) mass is 191 g/mol. The number of carbonyl (C=O) groups is 1. The fourth-order valence-electron chi connectivity index (χ4n) is 1.77. The minimum Gasteiger partial charge on any atom is -0.497 e. The second-order valence-electron chi connectivity index (χ2n) is 3.53. The molecular formula is C11H13NO2. The van der Waals surface area contributed by atoms with E-state index in [9.17, 15) is 4.79 Å². The van der Waals surface area contributed by atoms with Gasteiger partial charge in [-0.05, 0) is 36.6 Å². The summed E-state index contributed by atoms with van der Waals surface area (Å²) >= 11 is 0. The summed E-state index contributed by atoms with van der Waals surface area (Å²) in [6.45, 7) is 1.98. The maximum Gasteiger partial charge on any atom is 0.224 e. The minimum absolute atomic E-state index is 0.103. The molecule has 1 aromatic rings. The summed E-state index contributed by atoms with van der Waals surface area (Å²) in [5.41, 5.74) is 3.19. The highest BCUT2D eigenvalue weighted by molar-refractivity contribution is 5.94. The quantitative estimate of drug-likeness (QED) is 0.736. The van der Waals surface area contributed by atoms with Crippen LogP contribution < -0.4 is 10.1 Å². The molecule has 0 fully saturated rings. The summed E-state index contributed by atoms with van der Waals surface area (Å²) in [5.74, 6) is 0.961. The molecule has 0 unspecified atom stereocenters. The fraction of sp³-hybridized carbons (Fsp3) is 0.364. The number of aryl methyl sites for hydroxylation is 2. The van der Waals surface area contributed by atoms with E-state index < -0.39 is 0 Å². The average Bonchev–Trinajstić information content (AvgIpc) is 2.19. The van der Waals surface area contributed by atoms with E-state index in [1.54, 1.807) is 7.11 Å². The van der Waals surface area contributed by atoms with E-state index in [2.05, 4.69) is 5.32 Å². The summed E-state index contributed by atoms with van der Waals surface area (Å²) in [6, 6.07) is 3.92. The maximum absolute atomic E-state index is 11.2. The zero-order valence-electron chi connectivity index (χ0n) is 8.39. The van der Waals surface area contributed by atoms with Crippen LogP contribution in [0.1, 0.15) is 17.5 Å². The Hall–Kier alpha value is -1.51. The van der Waals surface area contributed by atoms with Crippen LogP contribution in [0.2, 0.25) is 0 Å². The van der Waals surface area contributed by atoms with Crippen molar-refractivity contribution in [3.63, 3.8) is 0 Å². The van der Waals surface area contributed by atoms with E-state index >= 15 is 0 Å². The Morgan fingerprint density at radius 1 is 1.36 bits per heavy atom. The van der Waals surface area contributed by atoms with Crippen LogP contribution in [-0.2, 0) is 11.2 Å². The second-order valence-corrected chi connectivity index (χ2v) is 3.53. The number of methoxy groups -OCH3 is 1. The van der Waals surface area contributed by atoms with Crippen molar-refractivity contribution in [3.05, 3.63) is 23.3 Å². The van der Waals surface area contributed by atoms with Gasteiger partial charge in [0.25, 0.3) is 0 Å². The van der Waals surface area contributed by atoms with Crippen molar-refractivity contribution in [1.82, 2.24) is 0 Å². The topological polar surface area (TPSA) is 38.3 Å². The normalized spacial score (nSPS) is 14.6. The van der Waals surface area contributed by atoms with E-state index in [4.69, 9.17) is 4.74 Å². The molecule has 2 rings (SSSR count). The summed E-state index contributed by atoms with van der Waals surface area (Å²) < 4.78 is 5.18. The molecule has 0 saturated carbocycles. The van der Waals surface area contributed by atoms with Gasteiger partial charge in [-0.15, -0.1) is 0 Å². The van der Waals surface area contributed by atoms with Crippen LogP contribution in [0.5, 0.6) is 5.75 Å². The molecule has 3 heteroatoms. The first-order chi connectivity index (χ1) is 6.70. The van der Waals surface area contributed by atoms with Gasteiger partial charge in [-0.1, -0.05) is 0 Å². The number of nitrogens with one attached hydrogen (secondary N) is 1.